The van der Waals surface area contributed by atoms with E-state index in [4.69, 9.17) is 0 Å². The number of guanidine groups is 1. The third-order valence-electron chi connectivity index (χ3n) is 3.33. The van der Waals surface area contributed by atoms with Gasteiger partial charge in [-0.1, -0.05) is 18.2 Å². The normalized spacial score (nSPS) is 10.8. The van der Waals surface area contributed by atoms with Crippen LogP contribution in [0.25, 0.3) is 0 Å². The van der Waals surface area contributed by atoms with Crippen LogP contribution in [0.3, 0.4) is 0 Å². The predicted molar refractivity (Wildman–Crippen MR) is 103 cm³/mol. The smallest absolute Gasteiger partial charge is 0.191 e. The van der Waals surface area contributed by atoms with E-state index in [9.17, 15) is 4.39 Å². The molecular weight excluding hydrogens is 406 g/mol. The molecule has 0 bridgehead atoms. The predicted octanol–water partition coefficient (Wildman–Crippen LogP) is 3.05. The number of rotatable bonds is 5. The molecule has 0 fully saturated rings. The van der Waals surface area contributed by atoms with Crippen molar-refractivity contribution in [2.75, 3.05) is 13.6 Å². The van der Waals surface area contributed by atoms with Crippen molar-refractivity contribution in [2.45, 2.75) is 19.9 Å². The van der Waals surface area contributed by atoms with Gasteiger partial charge in [0.2, 0.25) is 0 Å². The molecule has 0 aliphatic heterocycles. The third kappa shape index (κ3) is 6.52. The second kappa shape index (κ2) is 10.1. The number of pyridine rings is 1. The Hall–Kier alpha value is -1.70. The molecule has 0 spiro atoms. The summed E-state index contributed by atoms with van der Waals surface area (Å²) in [5, 5.41) is 6.47. The lowest BCUT2D eigenvalue weighted by Crippen LogP contribution is -2.37. The van der Waals surface area contributed by atoms with Crippen LogP contribution in [0.15, 0.2) is 47.7 Å². The van der Waals surface area contributed by atoms with E-state index in [1.54, 1.807) is 26.2 Å². The highest BCUT2D eigenvalue weighted by Crippen LogP contribution is 2.08. The average Bonchev–Trinajstić information content (AvgIpc) is 2.55. The van der Waals surface area contributed by atoms with E-state index in [0.717, 1.165) is 24.5 Å². The van der Waals surface area contributed by atoms with E-state index in [2.05, 4.69) is 20.6 Å². The first-order valence-electron chi connectivity index (χ1n) is 7.27. The molecule has 2 rings (SSSR count). The van der Waals surface area contributed by atoms with Crippen molar-refractivity contribution < 1.29 is 4.39 Å². The van der Waals surface area contributed by atoms with Gasteiger partial charge in [-0.3, -0.25) is 9.98 Å². The highest BCUT2D eigenvalue weighted by Gasteiger charge is 2.01. The molecule has 1 aromatic carbocycles. The summed E-state index contributed by atoms with van der Waals surface area (Å²) in [6, 6.07) is 9.08. The minimum Gasteiger partial charge on any atom is -0.356 e. The first-order chi connectivity index (χ1) is 10.7. The molecule has 1 heterocycles. The fourth-order valence-electron chi connectivity index (χ4n) is 2.09. The molecule has 124 valence electrons. The van der Waals surface area contributed by atoms with Crippen LogP contribution in [0.1, 0.15) is 16.7 Å². The summed E-state index contributed by atoms with van der Waals surface area (Å²) in [6.07, 6.45) is 4.51. The number of aliphatic imine (C=N–C) groups is 1. The summed E-state index contributed by atoms with van der Waals surface area (Å²) >= 11 is 0. The molecule has 0 aliphatic rings. The van der Waals surface area contributed by atoms with Crippen molar-refractivity contribution in [3.8, 4) is 0 Å². The van der Waals surface area contributed by atoms with Crippen LogP contribution in [-0.4, -0.2) is 24.5 Å². The molecule has 0 unspecified atom stereocenters. The Morgan fingerprint density at radius 3 is 2.70 bits per heavy atom. The molecular formula is C17H22FIN4. The van der Waals surface area contributed by atoms with E-state index in [0.29, 0.717) is 12.1 Å². The van der Waals surface area contributed by atoms with Gasteiger partial charge >= 0.3 is 0 Å². The van der Waals surface area contributed by atoms with Gasteiger partial charge in [0.25, 0.3) is 0 Å². The van der Waals surface area contributed by atoms with Gasteiger partial charge in [-0.15, -0.1) is 24.0 Å². The van der Waals surface area contributed by atoms with Crippen LogP contribution < -0.4 is 10.6 Å². The number of aryl methyl sites for hydroxylation is 1. The molecule has 0 saturated carbocycles. The topological polar surface area (TPSA) is 49.3 Å². The third-order valence-corrected chi connectivity index (χ3v) is 3.33. The maximum atomic E-state index is 13.2. The highest BCUT2D eigenvalue weighted by atomic mass is 127. The van der Waals surface area contributed by atoms with Crippen molar-refractivity contribution in [2.24, 2.45) is 4.99 Å². The van der Waals surface area contributed by atoms with Crippen molar-refractivity contribution in [1.29, 1.82) is 0 Å². The molecule has 2 aromatic rings. The summed E-state index contributed by atoms with van der Waals surface area (Å²) in [5.74, 6) is 0.550. The van der Waals surface area contributed by atoms with Crippen LogP contribution in [0.2, 0.25) is 0 Å². The fraction of sp³-hybridized carbons (Fsp3) is 0.294. The number of aromatic nitrogens is 1. The van der Waals surface area contributed by atoms with E-state index >= 15 is 0 Å². The second-order valence-corrected chi connectivity index (χ2v) is 5.05. The summed E-state index contributed by atoms with van der Waals surface area (Å²) in [5.41, 5.74) is 2.85. The summed E-state index contributed by atoms with van der Waals surface area (Å²) in [4.78, 5) is 8.27. The van der Waals surface area contributed by atoms with Crippen LogP contribution >= 0.6 is 24.0 Å². The first-order valence-corrected chi connectivity index (χ1v) is 7.27. The summed E-state index contributed by atoms with van der Waals surface area (Å²) in [6.45, 7) is 3.14. The Kier molecular flexibility index (Phi) is 8.53. The minimum atomic E-state index is -0.178. The zero-order valence-corrected chi connectivity index (χ0v) is 15.7. The van der Waals surface area contributed by atoms with Gasteiger partial charge in [-0.25, -0.2) is 4.39 Å². The number of nitrogens with one attached hydrogen (secondary N) is 2. The van der Waals surface area contributed by atoms with E-state index in [-0.39, 0.29) is 29.8 Å². The van der Waals surface area contributed by atoms with Crippen LogP contribution in [0.4, 0.5) is 4.39 Å². The molecule has 6 heteroatoms. The SMILES string of the molecule is CN=C(NCCc1cccnc1)NCc1ccc(F)c(C)c1.I. The van der Waals surface area contributed by atoms with Gasteiger partial charge in [0.15, 0.2) is 5.96 Å². The van der Waals surface area contributed by atoms with Gasteiger partial charge in [0.1, 0.15) is 5.82 Å². The molecule has 1 aromatic heterocycles. The number of benzene rings is 1. The molecule has 0 atom stereocenters. The highest BCUT2D eigenvalue weighted by molar-refractivity contribution is 14.0. The number of halogens is 2. The molecule has 2 N–H and O–H groups in total. The lowest BCUT2D eigenvalue weighted by atomic mass is 10.1. The Morgan fingerprint density at radius 1 is 1.22 bits per heavy atom. The first kappa shape index (κ1) is 19.3. The standard InChI is InChI=1S/C17H21FN4.HI/c1-13-10-15(5-6-16(13)18)12-22-17(19-2)21-9-7-14-4-3-8-20-11-14;/h3-6,8,10-11H,7,9,12H2,1-2H3,(H2,19,21,22);1H. The van der Waals surface area contributed by atoms with Crippen molar-refractivity contribution in [3.05, 3.63) is 65.2 Å². The molecule has 4 nitrogen and oxygen atoms in total. The van der Waals surface area contributed by atoms with Crippen LogP contribution in [0, 0.1) is 12.7 Å². The van der Waals surface area contributed by atoms with Crippen LogP contribution in [-0.2, 0) is 13.0 Å². The lowest BCUT2D eigenvalue weighted by molar-refractivity contribution is 0.617. The van der Waals surface area contributed by atoms with Crippen LogP contribution in [0.5, 0.6) is 0 Å². The maximum absolute atomic E-state index is 13.2. The van der Waals surface area contributed by atoms with Gasteiger partial charge in [0.05, 0.1) is 0 Å². The van der Waals surface area contributed by atoms with Gasteiger partial charge in [0, 0.05) is 32.5 Å². The average molecular weight is 428 g/mol. The number of hydrogen-bond acceptors (Lipinski definition) is 2. The molecule has 0 radical (unpaired) electrons. The van der Waals surface area contributed by atoms with Gasteiger partial charge in [-0.05, 0) is 42.2 Å². The molecule has 23 heavy (non-hydrogen) atoms. The Balaban J connectivity index is 0.00000264. The maximum Gasteiger partial charge on any atom is 0.191 e. The zero-order valence-electron chi connectivity index (χ0n) is 13.3. The van der Waals surface area contributed by atoms with E-state index in [1.807, 2.05) is 24.4 Å². The van der Waals surface area contributed by atoms with Crippen molar-refractivity contribution in [3.63, 3.8) is 0 Å². The van der Waals surface area contributed by atoms with E-state index in [1.165, 1.54) is 11.6 Å². The van der Waals surface area contributed by atoms with Crippen molar-refractivity contribution in [1.82, 2.24) is 15.6 Å². The van der Waals surface area contributed by atoms with E-state index < -0.39 is 0 Å². The van der Waals surface area contributed by atoms with Gasteiger partial charge in [-0.2, -0.15) is 0 Å². The zero-order chi connectivity index (χ0) is 15.8. The second-order valence-electron chi connectivity index (χ2n) is 5.05. The Morgan fingerprint density at radius 2 is 2.04 bits per heavy atom. The lowest BCUT2D eigenvalue weighted by Gasteiger charge is -2.12. The fourth-order valence-corrected chi connectivity index (χ4v) is 2.09. The Bertz CT molecular complexity index is 632. The quantitative estimate of drug-likeness (QED) is 0.438. The molecule has 0 aliphatic carbocycles. The minimum absolute atomic E-state index is 0. The van der Waals surface area contributed by atoms with Crippen molar-refractivity contribution >= 4 is 29.9 Å². The summed E-state index contributed by atoms with van der Waals surface area (Å²) < 4.78 is 13.2. The molecule has 0 amide bonds. The monoisotopic (exact) mass is 428 g/mol. The summed E-state index contributed by atoms with van der Waals surface area (Å²) in [7, 11) is 1.73. The molecule has 0 saturated heterocycles. The number of nitrogens with zero attached hydrogens (tertiary/aromatic N) is 2. The number of hydrogen-bond donors (Lipinski definition) is 2. The largest absolute Gasteiger partial charge is 0.356 e. The van der Waals surface area contributed by atoms with Gasteiger partial charge < -0.3 is 10.6 Å². The Labute approximate surface area is 153 Å².